The minimum atomic E-state index is -1.15. The summed E-state index contributed by atoms with van der Waals surface area (Å²) >= 11 is 0. The number of aliphatic hydroxyl groups excluding tert-OH is 1. The normalized spacial score (nSPS) is 24.5. The van der Waals surface area contributed by atoms with Crippen molar-refractivity contribution in [1.82, 2.24) is 19.9 Å². The van der Waals surface area contributed by atoms with Crippen molar-refractivity contribution < 1.29 is 15.0 Å². The number of piperidine rings is 1. The van der Waals surface area contributed by atoms with Gasteiger partial charge in [-0.3, -0.25) is 9.78 Å². The summed E-state index contributed by atoms with van der Waals surface area (Å²) < 4.78 is 0. The Labute approximate surface area is 133 Å². The number of aliphatic hydroxyl groups is 2. The zero-order valence-corrected chi connectivity index (χ0v) is 12.8. The van der Waals surface area contributed by atoms with Crippen molar-refractivity contribution in [1.29, 1.82) is 0 Å². The third-order valence-corrected chi connectivity index (χ3v) is 4.12. The number of nitrogens with zero attached hydrogens (tertiary/aromatic N) is 4. The highest BCUT2D eigenvalue weighted by Gasteiger charge is 2.38. The summed E-state index contributed by atoms with van der Waals surface area (Å²) in [5.74, 6) is 0.270. The Balaban J connectivity index is 1.74. The van der Waals surface area contributed by atoms with E-state index in [4.69, 9.17) is 0 Å². The molecule has 2 aromatic heterocycles. The van der Waals surface area contributed by atoms with Crippen LogP contribution in [0.25, 0.3) is 11.4 Å². The predicted molar refractivity (Wildman–Crippen MR) is 82.4 cm³/mol. The van der Waals surface area contributed by atoms with Crippen molar-refractivity contribution >= 4 is 5.91 Å². The molecule has 1 aliphatic rings. The smallest absolute Gasteiger partial charge is 0.257 e. The highest BCUT2D eigenvalue weighted by atomic mass is 16.3. The average molecular weight is 314 g/mol. The second kappa shape index (κ2) is 6.02. The fourth-order valence-electron chi connectivity index (χ4n) is 2.48. The molecular formula is C16H18N4O3. The van der Waals surface area contributed by atoms with Crippen molar-refractivity contribution in [2.45, 2.75) is 25.0 Å². The topological polar surface area (TPSA) is 99.4 Å². The van der Waals surface area contributed by atoms with Crippen LogP contribution < -0.4 is 0 Å². The minimum Gasteiger partial charge on any atom is -0.388 e. The number of hydrogen-bond donors (Lipinski definition) is 2. The Kier molecular flexibility index (Phi) is 4.06. The molecule has 3 rings (SSSR count). The van der Waals surface area contributed by atoms with Crippen LogP contribution in [-0.4, -0.2) is 60.8 Å². The van der Waals surface area contributed by atoms with E-state index < -0.39 is 11.7 Å². The molecule has 0 radical (unpaired) electrons. The van der Waals surface area contributed by atoms with Gasteiger partial charge in [-0.1, -0.05) is 0 Å². The maximum atomic E-state index is 12.4. The maximum absolute atomic E-state index is 12.4. The summed E-state index contributed by atoms with van der Waals surface area (Å²) in [6.45, 7) is 2.05. The van der Waals surface area contributed by atoms with Gasteiger partial charge in [0.2, 0.25) is 0 Å². The van der Waals surface area contributed by atoms with E-state index in [2.05, 4.69) is 15.0 Å². The van der Waals surface area contributed by atoms with E-state index in [0.29, 0.717) is 24.4 Å². The van der Waals surface area contributed by atoms with Crippen LogP contribution >= 0.6 is 0 Å². The molecule has 0 spiro atoms. The number of carbonyl (C=O) groups is 1. The molecule has 2 atom stereocenters. The summed E-state index contributed by atoms with van der Waals surface area (Å²) in [4.78, 5) is 26.3. The molecule has 2 N–H and O–H groups in total. The van der Waals surface area contributed by atoms with Gasteiger partial charge in [0.25, 0.3) is 5.91 Å². The predicted octanol–water partition coefficient (Wildman–Crippen LogP) is 0.496. The van der Waals surface area contributed by atoms with Crippen LogP contribution in [0.15, 0.2) is 36.9 Å². The second-order valence-corrected chi connectivity index (χ2v) is 5.91. The summed E-state index contributed by atoms with van der Waals surface area (Å²) in [5, 5.41) is 19.9. The second-order valence-electron chi connectivity index (χ2n) is 5.91. The number of hydrogen-bond acceptors (Lipinski definition) is 6. The van der Waals surface area contributed by atoms with Crippen LogP contribution in [0.3, 0.4) is 0 Å². The number of amides is 1. The van der Waals surface area contributed by atoms with Gasteiger partial charge < -0.3 is 15.1 Å². The first-order chi connectivity index (χ1) is 11.0. The molecule has 1 saturated heterocycles. The Morgan fingerprint density at radius 2 is 1.96 bits per heavy atom. The van der Waals surface area contributed by atoms with Crippen molar-refractivity contribution in [3.05, 3.63) is 42.5 Å². The Bertz CT molecular complexity index is 688. The largest absolute Gasteiger partial charge is 0.388 e. The summed E-state index contributed by atoms with van der Waals surface area (Å²) in [6, 6.07) is 3.58. The fourth-order valence-corrected chi connectivity index (χ4v) is 2.48. The van der Waals surface area contributed by atoms with Gasteiger partial charge in [-0.15, -0.1) is 0 Å². The van der Waals surface area contributed by atoms with E-state index in [-0.39, 0.29) is 12.5 Å². The molecule has 2 aromatic rings. The zero-order valence-electron chi connectivity index (χ0n) is 12.8. The first-order valence-electron chi connectivity index (χ1n) is 7.39. The zero-order chi connectivity index (χ0) is 16.4. The summed E-state index contributed by atoms with van der Waals surface area (Å²) in [5.41, 5.74) is 0.0263. The van der Waals surface area contributed by atoms with E-state index in [1.165, 1.54) is 17.3 Å². The molecule has 0 aliphatic carbocycles. The number of rotatable bonds is 2. The molecule has 120 valence electrons. The van der Waals surface area contributed by atoms with Crippen LogP contribution in [0.5, 0.6) is 0 Å². The Morgan fingerprint density at radius 1 is 1.30 bits per heavy atom. The quantitative estimate of drug-likeness (QED) is 0.837. The lowest BCUT2D eigenvalue weighted by atomic mass is 9.90. The molecule has 23 heavy (non-hydrogen) atoms. The van der Waals surface area contributed by atoms with Crippen LogP contribution in [0.1, 0.15) is 23.7 Å². The lowest BCUT2D eigenvalue weighted by Crippen LogP contribution is -2.55. The van der Waals surface area contributed by atoms with Crippen LogP contribution in [-0.2, 0) is 0 Å². The van der Waals surface area contributed by atoms with Crippen molar-refractivity contribution in [2.24, 2.45) is 0 Å². The number of β-amino-alcohol motifs (C(OH)–C–C–N with tert-alkyl or cyclic N) is 1. The number of pyridine rings is 1. The van der Waals surface area contributed by atoms with Gasteiger partial charge in [-0.25, -0.2) is 9.97 Å². The summed E-state index contributed by atoms with van der Waals surface area (Å²) in [6.07, 6.45) is 5.62. The molecule has 1 amide bonds. The molecule has 1 aliphatic heterocycles. The molecule has 0 aromatic carbocycles. The van der Waals surface area contributed by atoms with Crippen molar-refractivity contribution in [2.75, 3.05) is 13.1 Å². The van der Waals surface area contributed by atoms with E-state index in [1.807, 2.05) is 0 Å². The van der Waals surface area contributed by atoms with E-state index in [1.54, 1.807) is 31.5 Å². The van der Waals surface area contributed by atoms with Gasteiger partial charge in [-0.2, -0.15) is 0 Å². The van der Waals surface area contributed by atoms with Gasteiger partial charge >= 0.3 is 0 Å². The van der Waals surface area contributed by atoms with Crippen molar-refractivity contribution in [3.8, 4) is 11.4 Å². The Morgan fingerprint density at radius 3 is 2.57 bits per heavy atom. The Hall–Kier alpha value is -2.38. The van der Waals surface area contributed by atoms with E-state index >= 15 is 0 Å². The van der Waals surface area contributed by atoms with Crippen molar-refractivity contribution in [3.63, 3.8) is 0 Å². The molecule has 7 heteroatoms. The average Bonchev–Trinajstić information content (AvgIpc) is 2.58. The number of likely N-dealkylation sites (tertiary alicyclic amines) is 1. The molecule has 1 fully saturated rings. The van der Waals surface area contributed by atoms with Gasteiger partial charge in [0.1, 0.15) is 0 Å². The minimum absolute atomic E-state index is 0.0952. The first kappa shape index (κ1) is 15.5. The van der Waals surface area contributed by atoms with E-state index in [0.717, 1.165) is 5.56 Å². The number of carbonyl (C=O) groups excluding carboxylic acids is 1. The fraction of sp³-hybridized carbons (Fsp3) is 0.375. The lowest BCUT2D eigenvalue weighted by Gasteiger charge is -2.39. The van der Waals surface area contributed by atoms with Gasteiger partial charge in [0.05, 0.1) is 17.3 Å². The van der Waals surface area contributed by atoms with Crippen LogP contribution in [0.4, 0.5) is 0 Å². The molecule has 0 unspecified atom stereocenters. The van der Waals surface area contributed by atoms with Gasteiger partial charge in [-0.05, 0) is 25.5 Å². The molecule has 7 nitrogen and oxygen atoms in total. The highest BCUT2D eigenvalue weighted by molar-refractivity contribution is 5.93. The molecular weight excluding hydrogens is 296 g/mol. The number of aromatic nitrogens is 3. The standard InChI is InChI=1S/C16H18N4O3/c1-16(23)4-7-20(10-13(16)21)15(22)12-8-18-14(19-9-12)11-2-5-17-6-3-11/h2-3,5-6,8-9,13,21,23H,4,7,10H2,1H3/t13-,16-/m1/s1. The highest BCUT2D eigenvalue weighted by Crippen LogP contribution is 2.23. The van der Waals surface area contributed by atoms with Crippen LogP contribution in [0, 0.1) is 0 Å². The van der Waals surface area contributed by atoms with Gasteiger partial charge in [0.15, 0.2) is 5.82 Å². The molecule has 0 bridgehead atoms. The maximum Gasteiger partial charge on any atom is 0.257 e. The van der Waals surface area contributed by atoms with Gasteiger partial charge in [0, 0.05) is 43.4 Å². The third kappa shape index (κ3) is 3.20. The van der Waals surface area contributed by atoms with E-state index in [9.17, 15) is 15.0 Å². The monoisotopic (exact) mass is 314 g/mol. The molecule has 3 heterocycles. The lowest BCUT2D eigenvalue weighted by molar-refractivity contribution is -0.0999. The third-order valence-electron chi connectivity index (χ3n) is 4.12. The van der Waals surface area contributed by atoms with Crippen LogP contribution in [0.2, 0.25) is 0 Å². The summed E-state index contributed by atoms with van der Waals surface area (Å²) in [7, 11) is 0. The first-order valence-corrected chi connectivity index (χ1v) is 7.39. The SMILES string of the molecule is C[C@@]1(O)CCN(C(=O)c2cnc(-c3ccncc3)nc2)C[C@H]1O. The molecule has 0 saturated carbocycles.